The minimum atomic E-state index is -0.386. The van der Waals surface area contributed by atoms with Gasteiger partial charge in [-0.15, -0.1) is 0 Å². The van der Waals surface area contributed by atoms with Gasteiger partial charge in [0.05, 0.1) is 26.2 Å². The van der Waals surface area contributed by atoms with Crippen molar-refractivity contribution in [3.8, 4) is 0 Å². The molecule has 4 heteroatoms. The van der Waals surface area contributed by atoms with E-state index < -0.39 is 0 Å². The van der Waals surface area contributed by atoms with E-state index in [1.807, 2.05) is 25.7 Å². The predicted octanol–water partition coefficient (Wildman–Crippen LogP) is 2.09. The molecule has 3 unspecified atom stereocenters. The predicted molar refractivity (Wildman–Crippen MR) is 73.7 cm³/mol. The van der Waals surface area contributed by atoms with Crippen molar-refractivity contribution in [3.63, 3.8) is 0 Å². The molecule has 0 aromatic carbocycles. The van der Waals surface area contributed by atoms with Crippen LogP contribution in [-0.4, -0.2) is 59.3 Å². The van der Waals surface area contributed by atoms with Crippen molar-refractivity contribution in [2.45, 2.75) is 52.3 Å². The number of carbonyl (C=O) groups excluding carboxylic acids is 1. The quantitative estimate of drug-likeness (QED) is 0.497. The molecule has 19 heavy (non-hydrogen) atoms. The summed E-state index contributed by atoms with van der Waals surface area (Å²) in [7, 11) is 0. The van der Waals surface area contributed by atoms with E-state index in [4.69, 9.17) is 4.74 Å². The number of nitrogens with zero attached hydrogens (tertiary/aromatic N) is 2. The summed E-state index contributed by atoms with van der Waals surface area (Å²) in [4.78, 5) is 13.9. The highest BCUT2D eigenvalue weighted by atomic mass is 16.6. The summed E-state index contributed by atoms with van der Waals surface area (Å²) >= 11 is 0. The number of rotatable bonds is 0. The molecule has 3 fully saturated rings. The van der Waals surface area contributed by atoms with Crippen LogP contribution in [0.4, 0.5) is 4.79 Å². The lowest BCUT2D eigenvalue weighted by Crippen LogP contribution is -2.52. The topological polar surface area (TPSA) is 29.5 Å². The van der Waals surface area contributed by atoms with Gasteiger partial charge in [0.15, 0.2) is 0 Å². The molecule has 0 N–H and O–H groups in total. The van der Waals surface area contributed by atoms with E-state index in [0.29, 0.717) is 0 Å². The summed E-state index contributed by atoms with van der Waals surface area (Å²) in [6.45, 7) is 14.5. The summed E-state index contributed by atoms with van der Waals surface area (Å²) in [5.41, 5.74) is -0.386. The van der Waals surface area contributed by atoms with Gasteiger partial charge >= 0.3 is 6.09 Å². The molecule has 3 rings (SSSR count). The fraction of sp³-hybridized carbons (Fsp3) is 0.933. The van der Waals surface area contributed by atoms with E-state index in [2.05, 4.69) is 13.8 Å². The lowest BCUT2D eigenvalue weighted by Gasteiger charge is -2.34. The molecule has 2 heterocycles. The number of hydrogen-bond acceptors (Lipinski definition) is 2. The molecule has 3 aliphatic rings. The minimum absolute atomic E-state index is 0.138. The first-order valence-electron chi connectivity index (χ1n) is 7.61. The van der Waals surface area contributed by atoms with Gasteiger partial charge in [-0.25, -0.2) is 4.79 Å². The summed E-state index contributed by atoms with van der Waals surface area (Å²) in [6.07, 6.45) is -0.138. The number of piperazine rings is 1. The van der Waals surface area contributed by atoms with E-state index in [1.54, 1.807) is 0 Å². The second kappa shape index (κ2) is 3.87. The highest BCUT2D eigenvalue weighted by Gasteiger charge is 2.79. The summed E-state index contributed by atoms with van der Waals surface area (Å²) < 4.78 is 6.75. The first-order valence-corrected chi connectivity index (χ1v) is 7.61. The van der Waals surface area contributed by atoms with Gasteiger partial charge in [0.1, 0.15) is 17.7 Å². The molecule has 0 aromatic rings. The summed E-state index contributed by atoms with van der Waals surface area (Å²) in [6, 6.07) is 1.80. The van der Waals surface area contributed by atoms with Crippen LogP contribution in [0.2, 0.25) is 0 Å². The number of hydrogen-bond donors (Lipinski definition) is 0. The molecule has 2 aliphatic heterocycles. The third kappa shape index (κ3) is 1.87. The summed E-state index contributed by atoms with van der Waals surface area (Å²) in [5, 5.41) is 0. The highest BCUT2D eigenvalue weighted by Crippen LogP contribution is 2.61. The third-order valence-corrected chi connectivity index (χ3v) is 5.58. The molecule has 1 spiro atoms. The fourth-order valence-corrected chi connectivity index (χ4v) is 4.46. The van der Waals surface area contributed by atoms with Crippen LogP contribution >= 0.6 is 0 Å². The largest absolute Gasteiger partial charge is 0.444 e. The second-order valence-corrected chi connectivity index (χ2v) is 7.72. The molecule has 1 aliphatic carbocycles. The van der Waals surface area contributed by atoms with Gasteiger partial charge < -0.3 is 9.22 Å². The molecular formula is C15H27N2O2+. The van der Waals surface area contributed by atoms with Crippen LogP contribution < -0.4 is 0 Å². The fourth-order valence-electron chi connectivity index (χ4n) is 4.46. The number of quaternary nitrogens is 1. The Morgan fingerprint density at radius 1 is 1.11 bits per heavy atom. The first kappa shape index (κ1) is 13.2. The van der Waals surface area contributed by atoms with Crippen LogP contribution in [0.1, 0.15) is 34.6 Å². The van der Waals surface area contributed by atoms with Crippen LogP contribution in [0.3, 0.4) is 0 Å². The van der Waals surface area contributed by atoms with Crippen LogP contribution in [0.25, 0.3) is 0 Å². The molecule has 2 saturated heterocycles. The van der Waals surface area contributed by atoms with Crippen molar-refractivity contribution in [1.29, 1.82) is 0 Å². The van der Waals surface area contributed by atoms with Gasteiger partial charge in [-0.1, -0.05) is 13.8 Å². The van der Waals surface area contributed by atoms with Gasteiger partial charge in [0.25, 0.3) is 0 Å². The third-order valence-electron chi connectivity index (χ3n) is 5.58. The average molecular weight is 267 g/mol. The maximum Gasteiger partial charge on any atom is 0.410 e. The molecular weight excluding hydrogens is 240 g/mol. The molecule has 0 bridgehead atoms. The zero-order chi connectivity index (χ0) is 14.0. The second-order valence-electron chi connectivity index (χ2n) is 7.72. The van der Waals surface area contributed by atoms with Crippen molar-refractivity contribution in [2.24, 2.45) is 11.8 Å². The van der Waals surface area contributed by atoms with Crippen LogP contribution in [0, 0.1) is 11.8 Å². The normalized spacial score (nSPS) is 39.5. The lowest BCUT2D eigenvalue weighted by atomic mass is 9.77. The summed E-state index contributed by atoms with van der Waals surface area (Å²) in [5.74, 6) is 1.75. The number of fused-ring (bicyclic) bond motifs is 3. The van der Waals surface area contributed by atoms with Gasteiger partial charge in [-0.05, 0) is 20.8 Å². The Hall–Kier alpha value is -0.770. The Bertz CT molecular complexity index is 377. The van der Waals surface area contributed by atoms with E-state index in [-0.39, 0.29) is 11.7 Å². The molecule has 0 aromatic heterocycles. The zero-order valence-corrected chi connectivity index (χ0v) is 12.8. The monoisotopic (exact) mass is 267 g/mol. The number of carbonyl (C=O) groups is 1. The smallest absolute Gasteiger partial charge is 0.410 e. The van der Waals surface area contributed by atoms with Gasteiger partial charge in [-0.2, -0.15) is 0 Å². The van der Waals surface area contributed by atoms with E-state index in [0.717, 1.165) is 50.1 Å². The average Bonchev–Trinajstić information content (AvgIpc) is 2.91. The number of amides is 1. The Morgan fingerprint density at radius 3 is 2.00 bits per heavy atom. The highest BCUT2D eigenvalue weighted by molar-refractivity contribution is 5.68. The van der Waals surface area contributed by atoms with Crippen LogP contribution in [0.5, 0.6) is 0 Å². The van der Waals surface area contributed by atoms with E-state index >= 15 is 0 Å². The standard InChI is InChI=1S/C15H27N2O2/c1-10-11(2)13-12(10)17(13)8-6-16(7-9-17)14(18)19-15(3,4)5/h10-13H,6-9H2,1-5H3/q+1/t10-,11?,12?,13?/m0/s1. The van der Waals surface area contributed by atoms with Crippen molar-refractivity contribution in [2.75, 3.05) is 26.2 Å². The molecule has 1 amide bonds. The lowest BCUT2D eigenvalue weighted by molar-refractivity contribution is -0.825. The van der Waals surface area contributed by atoms with Gasteiger partial charge in [-0.3, -0.25) is 4.90 Å². The Morgan fingerprint density at radius 2 is 1.58 bits per heavy atom. The Balaban J connectivity index is 1.55. The van der Waals surface area contributed by atoms with E-state index in [9.17, 15) is 4.79 Å². The molecule has 4 atom stereocenters. The maximum atomic E-state index is 12.0. The molecule has 0 radical (unpaired) electrons. The van der Waals surface area contributed by atoms with Gasteiger partial charge in [0.2, 0.25) is 0 Å². The van der Waals surface area contributed by atoms with Gasteiger partial charge in [0, 0.05) is 11.8 Å². The van der Waals surface area contributed by atoms with Crippen molar-refractivity contribution < 1.29 is 14.0 Å². The van der Waals surface area contributed by atoms with Crippen molar-refractivity contribution in [3.05, 3.63) is 0 Å². The Labute approximate surface area is 116 Å². The van der Waals surface area contributed by atoms with Crippen molar-refractivity contribution in [1.82, 2.24) is 4.90 Å². The zero-order valence-electron chi connectivity index (χ0n) is 12.8. The molecule has 108 valence electrons. The van der Waals surface area contributed by atoms with Crippen molar-refractivity contribution >= 4 is 6.09 Å². The Kier molecular flexibility index (Phi) is 2.70. The first-order chi connectivity index (χ1) is 8.76. The van der Waals surface area contributed by atoms with Crippen LogP contribution in [-0.2, 0) is 4.74 Å². The van der Waals surface area contributed by atoms with E-state index in [1.165, 1.54) is 4.48 Å². The SMILES string of the molecule is CC1C2C([C@H]1C)[N+]21CCN(C(=O)OC(C)(C)C)CC1. The maximum absolute atomic E-state index is 12.0. The van der Waals surface area contributed by atoms with Crippen LogP contribution in [0.15, 0.2) is 0 Å². The molecule has 4 nitrogen and oxygen atoms in total. The minimum Gasteiger partial charge on any atom is -0.444 e. The number of ether oxygens (including phenoxy) is 1. The molecule has 1 saturated carbocycles.